The standard InChI is InChI=1S/C16H29N5O7/c1-9(14(25)21-11(16(27)28)4-2-3-7-17)20-12(22)8-19-15(26)10(18)5-6-13(23)24/h9-11H,2-8,17-18H2,1H3,(H,19,26)(H,20,22)(H,21,25)(H,23,24)(H,27,28). The number of hydrogen-bond acceptors (Lipinski definition) is 7. The molecule has 0 fully saturated rings. The summed E-state index contributed by atoms with van der Waals surface area (Å²) in [7, 11) is 0. The number of rotatable bonds is 14. The van der Waals surface area contributed by atoms with E-state index in [0.717, 1.165) is 0 Å². The quantitative estimate of drug-likeness (QED) is 0.152. The molecule has 12 heteroatoms. The molecule has 0 aromatic heterocycles. The van der Waals surface area contributed by atoms with Crippen LogP contribution in [0.2, 0.25) is 0 Å². The Morgan fingerprint density at radius 1 is 0.964 bits per heavy atom. The highest BCUT2D eigenvalue weighted by molar-refractivity contribution is 5.92. The van der Waals surface area contributed by atoms with Crippen molar-refractivity contribution < 1.29 is 34.2 Å². The van der Waals surface area contributed by atoms with Gasteiger partial charge in [-0.2, -0.15) is 0 Å². The predicted octanol–water partition coefficient (Wildman–Crippen LogP) is -2.50. The van der Waals surface area contributed by atoms with Crippen molar-refractivity contribution in [1.82, 2.24) is 16.0 Å². The molecule has 0 aliphatic carbocycles. The van der Waals surface area contributed by atoms with E-state index in [1.54, 1.807) is 0 Å². The van der Waals surface area contributed by atoms with E-state index in [-0.39, 0.29) is 19.3 Å². The van der Waals surface area contributed by atoms with Crippen LogP contribution in [0.4, 0.5) is 0 Å². The van der Waals surface area contributed by atoms with Crippen molar-refractivity contribution in [2.45, 2.75) is 57.2 Å². The van der Waals surface area contributed by atoms with Gasteiger partial charge in [0.05, 0.1) is 12.6 Å². The molecule has 28 heavy (non-hydrogen) atoms. The van der Waals surface area contributed by atoms with Crippen molar-refractivity contribution >= 4 is 29.7 Å². The van der Waals surface area contributed by atoms with Gasteiger partial charge in [-0.05, 0) is 39.2 Å². The van der Waals surface area contributed by atoms with Crippen LogP contribution in [0.5, 0.6) is 0 Å². The zero-order valence-electron chi connectivity index (χ0n) is 15.8. The van der Waals surface area contributed by atoms with Crippen molar-refractivity contribution in [1.29, 1.82) is 0 Å². The molecule has 9 N–H and O–H groups in total. The Bertz CT molecular complexity index is 570. The number of aliphatic carboxylic acids is 2. The number of carboxylic acid groups (broad SMARTS) is 2. The van der Waals surface area contributed by atoms with Crippen molar-refractivity contribution in [2.24, 2.45) is 11.5 Å². The van der Waals surface area contributed by atoms with E-state index in [9.17, 15) is 24.0 Å². The van der Waals surface area contributed by atoms with Gasteiger partial charge in [0, 0.05) is 6.42 Å². The summed E-state index contributed by atoms with van der Waals surface area (Å²) in [4.78, 5) is 57.1. The molecule has 0 rings (SSSR count). The Morgan fingerprint density at radius 3 is 2.14 bits per heavy atom. The van der Waals surface area contributed by atoms with Crippen LogP contribution < -0.4 is 27.4 Å². The molecule has 12 nitrogen and oxygen atoms in total. The van der Waals surface area contributed by atoms with Crippen LogP contribution in [-0.4, -0.2) is 71.1 Å². The average Bonchev–Trinajstić information content (AvgIpc) is 2.62. The van der Waals surface area contributed by atoms with E-state index in [1.165, 1.54) is 6.92 Å². The van der Waals surface area contributed by atoms with Gasteiger partial charge in [0.25, 0.3) is 0 Å². The highest BCUT2D eigenvalue weighted by Crippen LogP contribution is 2.01. The summed E-state index contributed by atoms with van der Waals surface area (Å²) in [6.07, 6.45) is 1.00. The lowest BCUT2D eigenvalue weighted by Crippen LogP contribution is -2.52. The van der Waals surface area contributed by atoms with Crippen LogP contribution >= 0.6 is 0 Å². The number of carbonyl (C=O) groups is 5. The second-order valence-electron chi connectivity index (χ2n) is 6.23. The van der Waals surface area contributed by atoms with E-state index >= 15 is 0 Å². The van der Waals surface area contributed by atoms with Crippen molar-refractivity contribution in [3.05, 3.63) is 0 Å². The van der Waals surface area contributed by atoms with E-state index in [1.807, 2.05) is 0 Å². The third kappa shape index (κ3) is 11.1. The predicted molar refractivity (Wildman–Crippen MR) is 97.9 cm³/mol. The van der Waals surface area contributed by atoms with Crippen LogP contribution in [0.3, 0.4) is 0 Å². The largest absolute Gasteiger partial charge is 0.481 e. The third-order valence-corrected chi connectivity index (χ3v) is 3.76. The fourth-order valence-corrected chi connectivity index (χ4v) is 2.11. The molecule has 0 aliphatic rings. The minimum atomic E-state index is -1.19. The van der Waals surface area contributed by atoms with E-state index in [0.29, 0.717) is 19.4 Å². The molecular weight excluding hydrogens is 374 g/mol. The summed E-state index contributed by atoms with van der Waals surface area (Å²) in [6, 6.07) is -3.19. The molecule has 0 radical (unpaired) electrons. The van der Waals surface area contributed by atoms with Crippen LogP contribution in [0.25, 0.3) is 0 Å². The summed E-state index contributed by atoms with van der Waals surface area (Å²) in [6.45, 7) is 1.32. The van der Waals surface area contributed by atoms with Crippen LogP contribution in [0.1, 0.15) is 39.0 Å². The van der Waals surface area contributed by atoms with Crippen LogP contribution in [-0.2, 0) is 24.0 Å². The fourth-order valence-electron chi connectivity index (χ4n) is 2.11. The van der Waals surface area contributed by atoms with E-state index in [4.69, 9.17) is 21.7 Å². The monoisotopic (exact) mass is 403 g/mol. The summed E-state index contributed by atoms with van der Waals surface area (Å²) in [5, 5.41) is 24.6. The van der Waals surface area contributed by atoms with Gasteiger partial charge in [0.15, 0.2) is 0 Å². The van der Waals surface area contributed by atoms with Gasteiger partial charge in [-0.1, -0.05) is 0 Å². The number of nitrogens with one attached hydrogen (secondary N) is 3. The average molecular weight is 403 g/mol. The van der Waals surface area contributed by atoms with Crippen molar-refractivity contribution in [3.8, 4) is 0 Å². The minimum Gasteiger partial charge on any atom is -0.481 e. The molecule has 3 amide bonds. The smallest absolute Gasteiger partial charge is 0.326 e. The molecular formula is C16H29N5O7. The molecule has 0 aromatic carbocycles. The Balaban J connectivity index is 4.36. The maximum Gasteiger partial charge on any atom is 0.326 e. The first kappa shape index (κ1) is 25.3. The molecule has 0 aromatic rings. The summed E-state index contributed by atoms with van der Waals surface area (Å²) < 4.78 is 0. The van der Waals surface area contributed by atoms with Gasteiger partial charge in [0.1, 0.15) is 12.1 Å². The first-order valence-electron chi connectivity index (χ1n) is 8.86. The Labute approximate surface area is 162 Å². The lowest BCUT2D eigenvalue weighted by Gasteiger charge is -2.19. The molecule has 0 bridgehead atoms. The second kappa shape index (κ2) is 13.4. The fraction of sp³-hybridized carbons (Fsp3) is 0.688. The molecule has 0 spiro atoms. The first-order chi connectivity index (χ1) is 13.1. The molecule has 3 unspecified atom stereocenters. The topological polar surface area (TPSA) is 214 Å². The van der Waals surface area contributed by atoms with Gasteiger partial charge in [0.2, 0.25) is 17.7 Å². The number of nitrogens with two attached hydrogens (primary N) is 2. The SMILES string of the molecule is CC(NC(=O)CNC(=O)C(N)CCC(=O)O)C(=O)NC(CCCCN)C(=O)O. The third-order valence-electron chi connectivity index (χ3n) is 3.76. The maximum absolute atomic E-state index is 12.0. The zero-order chi connectivity index (χ0) is 21.7. The number of unbranched alkanes of at least 4 members (excludes halogenated alkanes) is 1. The number of hydrogen-bond donors (Lipinski definition) is 7. The van der Waals surface area contributed by atoms with Crippen LogP contribution in [0, 0.1) is 0 Å². The summed E-state index contributed by atoms with van der Waals surface area (Å²) >= 11 is 0. The highest BCUT2D eigenvalue weighted by atomic mass is 16.4. The highest BCUT2D eigenvalue weighted by Gasteiger charge is 2.24. The van der Waals surface area contributed by atoms with Gasteiger partial charge in [-0.3, -0.25) is 19.2 Å². The normalized spacial score (nSPS) is 13.7. The minimum absolute atomic E-state index is 0.0810. The maximum atomic E-state index is 12.0. The zero-order valence-corrected chi connectivity index (χ0v) is 15.8. The van der Waals surface area contributed by atoms with Gasteiger partial charge < -0.3 is 37.6 Å². The number of carboxylic acids is 2. The van der Waals surface area contributed by atoms with Crippen molar-refractivity contribution in [2.75, 3.05) is 13.1 Å². The number of amides is 3. The van der Waals surface area contributed by atoms with E-state index < -0.39 is 54.3 Å². The van der Waals surface area contributed by atoms with Crippen molar-refractivity contribution in [3.63, 3.8) is 0 Å². The molecule has 0 aliphatic heterocycles. The molecule has 0 heterocycles. The Morgan fingerprint density at radius 2 is 1.61 bits per heavy atom. The molecule has 3 atom stereocenters. The summed E-state index contributed by atoms with van der Waals surface area (Å²) in [5.74, 6) is -4.34. The van der Waals surface area contributed by atoms with Gasteiger partial charge in [-0.15, -0.1) is 0 Å². The molecule has 0 saturated carbocycles. The Hall–Kier alpha value is -2.73. The van der Waals surface area contributed by atoms with E-state index in [2.05, 4.69) is 16.0 Å². The van der Waals surface area contributed by atoms with Gasteiger partial charge >= 0.3 is 11.9 Å². The van der Waals surface area contributed by atoms with Gasteiger partial charge in [-0.25, -0.2) is 4.79 Å². The second-order valence-corrected chi connectivity index (χ2v) is 6.23. The lowest BCUT2D eigenvalue weighted by atomic mass is 10.1. The van der Waals surface area contributed by atoms with Crippen LogP contribution in [0.15, 0.2) is 0 Å². The molecule has 160 valence electrons. The first-order valence-corrected chi connectivity index (χ1v) is 8.86. The molecule has 0 saturated heterocycles. The lowest BCUT2D eigenvalue weighted by molar-refractivity contribution is -0.142. The summed E-state index contributed by atoms with van der Waals surface area (Å²) in [5.41, 5.74) is 10.8. The Kier molecular flexibility index (Phi) is 12.1. The number of carbonyl (C=O) groups excluding carboxylic acids is 3.